The van der Waals surface area contributed by atoms with Gasteiger partial charge in [0.2, 0.25) is 0 Å². The summed E-state index contributed by atoms with van der Waals surface area (Å²) < 4.78 is 32.4. The second-order valence-electron chi connectivity index (χ2n) is 4.47. The number of rotatable bonds is 4. The van der Waals surface area contributed by atoms with Gasteiger partial charge in [-0.05, 0) is 48.9 Å². The van der Waals surface area contributed by atoms with Crippen molar-refractivity contribution in [2.45, 2.75) is 11.8 Å². The number of hydrogen-bond donors (Lipinski definition) is 2. The number of aryl methyl sites for hydroxylation is 1. The van der Waals surface area contributed by atoms with Gasteiger partial charge in [0.05, 0.1) is 17.7 Å². The number of halogens is 1. The van der Waals surface area contributed by atoms with Crippen LogP contribution >= 0.6 is 11.6 Å². The van der Waals surface area contributed by atoms with E-state index in [1.54, 1.807) is 25.1 Å². The molecule has 5 nitrogen and oxygen atoms in total. The highest BCUT2D eigenvalue weighted by Gasteiger charge is 2.17. The van der Waals surface area contributed by atoms with Crippen LogP contribution in [0.2, 0.25) is 5.02 Å². The number of nitrogens with one attached hydrogen (secondary N) is 1. The van der Waals surface area contributed by atoms with Crippen LogP contribution in [-0.2, 0) is 10.0 Å². The first kappa shape index (κ1) is 15.5. The number of sulfonamides is 1. The van der Waals surface area contributed by atoms with Gasteiger partial charge < -0.3 is 10.5 Å². The van der Waals surface area contributed by atoms with Gasteiger partial charge in [0, 0.05) is 10.7 Å². The second-order valence-corrected chi connectivity index (χ2v) is 6.59. The number of anilines is 2. The van der Waals surface area contributed by atoms with Crippen LogP contribution in [0.15, 0.2) is 41.3 Å². The van der Waals surface area contributed by atoms with Crippen molar-refractivity contribution in [3.8, 4) is 5.75 Å². The fourth-order valence-corrected chi connectivity index (χ4v) is 3.10. The summed E-state index contributed by atoms with van der Waals surface area (Å²) in [5.74, 6) is 0.384. The van der Waals surface area contributed by atoms with Gasteiger partial charge >= 0.3 is 0 Å². The van der Waals surface area contributed by atoms with Crippen LogP contribution in [0, 0.1) is 6.92 Å². The Morgan fingerprint density at radius 2 is 1.90 bits per heavy atom. The summed E-state index contributed by atoms with van der Waals surface area (Å²) in [7, 11) is -2.29. The van der Waals surface area contributed by atoms with Crippen LogP contribution < -0.4 is 15.2 Å². The summed E-state index contributed by atoms with van der Waals surface area (Å²) in [5.41, 5.74) is 7.20. The van der Waals surface area contributed by atoms with Crippen molar-refractivity contribution in [3.05, 3.63) is 47.0 Å². The first-order chi connectivity index (χ1) is 9.83. The Hall–Kier alpha value is -1.92. The zero-order valence-corrected chi connectivity index (χ0v) is 13.1. The minimum atomic E-state index is -3.75. The quantitative estimate of drug-likeness (QED) is 0.846. The predicted molar refractivity (Wildman–Crippen MR) is 84.4 cm³/mol. The molecule has 0 fully saturated rings. The molecule has 0 spiro atoms. The maximum atomic E-state index is 12.4. The molecule has 2 aromatic carbocycles. The minimum absolute atomic E-state index is 0.122. The molecule has 7 heteroatoms. The highest BCUT2D eigenvalue weighted by molar-refractivity contribution is 7.92. The van der Waals surface area contributed by atoms with Crippen LogP contribution in [0.4, 0.5) is 11.4 Å². The summed E-state index contributed by atoms with van der Waals surface area (Å²) in [5, 5.41) is 0.405. The molecule has 0 saturated carbocycles. The molecule has 0 saturated heterocycles. The molecule has 2 aromatic rings. The summed E-state index contributed by atoms with van der Waals surface area (Å²) in [6.45, 7) is 1.74. The summed E-state index contributed by atoms with van der Waals surface area (Å²) in [6.07, 6.45) is 0. The molecule has 112 valence electrons. The molecule has 0 heterocycles. The summed E-state index contributed by atoms with van der Waals surface area (Å²) in [6, 6.07) is 9.21. The van der Waals surface area contributed by atoms with Gasteiger partial charge in [-0.15, -0.1) is 0 Å². The van der Waals surface area contributed by atoms with Crippen molar-refractivity contribution in [2.75, 3.05) is 17.6 Å². The SMILES string of the molecule is COc1ccc(Cl)cc1NS(=O)(=O)c1ccc(N)c(C)c1. The number of nitrogen functional groups attached to an aromatic ring is 1. The van der Waals surface area contributed by atoms with Gasteiger partial charge in [-0.2, -0.15) is 0 Å². The Kier molecular flexibility index (Phi) is 4.29. The number of hydrogen-bond acceptors (Lipinski definition) is 4. The third-order valence-corrected chi connectivity index (χ3v) is 4.56. The molecule has 0 atom stereocenters. The molecule has 21 heavy (non-hydrogen) atoms. The maximum Gasteiger partial charge on any atom is 0.262 e. The maximum absolute atomic E-state index is 12.4. The van der Waals surface area contributed by atoms with Gasteiger partial charge in [-0.1, -0.05) is 11.6 Å². The van der Waals surface area contributed by atoms with Crippen molar-refractivity contribution in [3.63, 3.8) is 0 Å². The average Bonchev–Trinajstić information content (AvgIpc) is 2.41. The fraction of sp³-hybridized carbons (Fsp3) is 0.143. The lowest BCUT2D eigenvalue weighted by atomic mass is 10.2. The molecule has 0 amide bonds. The third kappa shape index (κ3) is 3.40. The third-order valence-electron chi connectivity index (χ3n) is 2.96. The zero-order chi connectivity index (χ0) is 15.6. The van der Waals surface area contributed by atoms with Gasteiger partial charge in [0.15, 0.2) is 0 Å². The van der Waals surface area contributed by atoms with E-state index >= 15 is 0 Å². The highest BCUT2D eigenvalue weighted by Crippen LogP contribution is 2.30. The van der Waals surface area contributed by atoms with Crippen LogP contribution in [0.3, 0.4) is 0 Å². The van der Waals surface area contributed by atoms with Gasteiger partial charge in [-0.25, -0.2) is 8.42 Å². The minimum Gasteiger partial charge on any atom is -0.495 e. The Bertz CT molecular complexity index is 776. The molecular formula is C14H15ClN2O3S. The van der Waals surface area contributed by atoms with Crippen LogP contribution in [0.5, 0.6) is 5.75 Å². The summed E-state index contributed by atoms with van der Waals surface area (Å²) >= 11 is 5.89. The first-order valence-corrected chi connectivity index (χ1v) is 7.92. The lowest BCUT2D eigenvalue weighted by molar-refractivity contribution is 0.417. The summed E-state index contributed by atoms with van der Waals surface area (Å²) in [4.78, 5) is 0.122. The predicted octanol–water partition coefficient (Wildman–Crippen LogP) is 3.04. The molecule has 0 aliphatic heterocycles. The number of nitrogens with two attached hydrogens (primary N) is 1. The molecular weight excluding hydrogens is 312 g/mol. The van der Waals surface area contributed by atoms with E-state index in [0.717, 1.165) is 0 Å². The monoisotopic (exact) mass is 326 g/mol. The standard InChI is InChI=1S/C14H15ClN2O3S/c1-9-7-11(4-5-12(9)16)21(18,19)17-13-8-10(15)3-6-14(13)20-2/h3-8,17H,16H2,1-2H3. The molecule has 0 radical (unpaired) electrons. The molecule has 0 aliphatic carbocycles. The van der Waals surface area contributed by atoms with Crippen molar-refractivity contribution in [1.29, 1.82) is 0 Å². The van der Waals surface area contributed by atoms with E-state index in [-0.39, 0.29) is 10.6 Å². The van der Waals surface area contributed by atoms with E-state index in [1.807, 2.05) is 0 Å². The Balaban J connectivity index is 2.41. The molecule has 0 aromatic heterocycles. The molecule has 3 N–H and O–H groups in total. The smallest absolute Gasteiger partial charge is 0.262 e. The van der Waals surface area contributed by atoms with Crippen LogP contribution in [0.25, 0.3) is 0 Å². The molecule has 0 unspecified atom stereocenters. The van der Waals surface area contributed by atoms with Gasteiger partial charge in [0.25, 0.3) is 10.0 Å². The fourth-order valence-electron chi connectivity index (χ4n) is 1.78. The average molecular weight is 327 g/mol. The Labute approximate surface area is 128 Å². The molecule has 2 rings (SSSR count). The van der Waals surface area contributed by atoms with E-state index in [9.17, 15) is 8.42 Å². The van der Waals surface area contributed by atoms with E-state index < -0.39 is 10.0 Å². The largest absolute Gasteiger partial charge is 0.495 e. The van der Waals surface area contributed by atoms with Crippen molar-refractivity contribution < 1.29 is 13.2 Å². The van der Waals surface area contributed by atoms with Crippen molar-refractivity contribution in [2.24, 2.45) is 0 Å². The van der Waals surface area contributed by atoms with Crippen molar-refractivity contribution in [1.82, 2.24) is 0 Å². The van der Waals surface area contributed by atoms with Crippen LogP contribution in [-0.4, -0.2) is 15.5 Å². The van der Waals surface area contributed by atoms with E-state index in [0.29, 0.717) is 22.0 Å². The lowest BCUT2D eigenvalue weighted by Crippen LogP contribution is -2.14. The van der Waals surface area contributed by atoms with Gasteiger partial charge in [0.1, 0.15) is 5.75 Å². The number of ether oxygens (including phenoxy) is 1. The van der Waals surface area contributed by atoms with E-state index in [4.69, 9.17) is 22.1 Å². The Morgan fingerprint density at radius 3 is 2.52 bits per heavy atom. The highest BCUT2D eigenvalue weighted by atomic mass is 35.5. The molecule has 0 aliphatic rings. The lowest BCUT2D eigenvalue weighted by Gasteiger charge is -2.13. The van der Waals surface area contributed by atoms with E-state index in [2.05, 4.69) is 4.72 Å². The number of benzene rings is 2. The van der Waals surface area contributed by atoms with Gasteiger partial charge in [-0.3, -0.25) is 4.72 Å². The van der Waals surface area contributed by atoms with E-state index in [1.165, 1.54) is 25.3 Å². The Morgan fingerprint density at radius 1 is 1.19 bits per heavy atom. The topological polar surface area (TPSA) is 81.4 Å². The zero-order valence-electron chi connectivity index (χ0n) is 11.6. The normalized spacial score (nSPS) is 11.2. The molecule has 0 bridgehead atoms. The first-order valence-electron chi connectivity index (χ1n) is 6.06. The van der Waals surface area contributed by atoms with Crippen molar-refractivity contribution >= 4 is 33.0 Å². The van der Waals surface area contributed by atoms with Crippen LogP contribution in [0.1, 0.15) is 5.56 Å². The second kappa shape index (κ2) is 5.83. The number of methoxy groups -OCH3 is 1.